The summed E-state index contributed by atoms with van der Waals surface area (Å²) in [6.45, 7) is 0. The summed E-state index contributed by atoms with van der Waals surface area (Å²) in [6, 6.07) is 22.1. The van der Waals surface area contributed by atoms with Crippen LogP contribution < -0.4 is 5.32 Å². The molecule has 0 fully saturated rings. The molecule has 3 rings (SSSR count). The molecule has 0 saturated carbocycles. The molecule has 0 aliphatic heterocycles. The van der Waals surface area contributed by atoms with Crippen molar-refractivity contribution >= 4 is 35.3 Å². The molecule has 3 aromatic carbocycles. The number of esters is 1. The third-order valence-corrected chi connectivity index (χ3v) is 5.50. The predicted octanol–water partition coefficient (Wildman–Crippen LogP) is 4.64. The van der Waals surface area contributed by atoms with Gasteiger partial charge in [-0.1, -0.05) is 36.4 Å². The minimum Gasteiger partial charge on any atom is -0.480 e. The van der Waals surface area contributed by atoms with Gasteiger partial charge in [-0.15, -0.1) is 11.8 Å². The smallest absolute Gasteiger partial charge is 0.337 e. The van der Waals surface area contributed by atoms with E-state index in [0.717, 1.165) is 16.7 Å². The molecule has 1 atom stereocenters. The van der Waals surface area contributed by atoms with E-state index in [-0.39, 0.29) is 11.5 Å². The third kappa shape index (κ3) is 5.07. The molecule has 2 N–H and O–H groups in total. The fourth-order valence-electron chi connectivity index (χ4n) is 2.80. The van der Waals surface area contributed by atoms with Gasteiger partial charge in [-0.3, -0.25) is 9.59 Å². The second-order valence-corrected chi connectivity index (χ2v) is 7.44. The number of carbonyl (C=O) groups is 3. The number of methoxy groups -OCH3 is 1. The van der Waals surface area contributed by atoms with Crippen LogP contribution in [-0.4, -0.2) is 30.1 Å². The molecule has 0 aliphatic rings. The van der Waals surface area contributed by atoms with Crippen LogP contribution in [0.25, 0.3) is 0 Å². The summed E-state index contributed by atoms with van der Waals surface area (Å²) in [4.78, 5) is 37.5. The van der Waals surface area contributed by atoms with Crippen LogP contribution in [0.1, 0.15) is 31.5 Å². The maximum atomic E-state index is 12.6. The largest absolute Gasteiger partial charge is 0.480 e. The Bertz CT molecular complexity index is 1050. The number of aliphatic carboxylic acids is 1. The zero-order valence-electron chi connectivity index (χ0n) is 16.1. The summed E-state index contributed by atoms with van der Waals surface area (Å²) >= 11 is 1.11. The lowest BCUT2D eigenvalue weighted by Gasteiger charge is -2.18. The van der Waals surface area contributed by atoms with E-state index in [1.165, 1.54) is 25.3 Å². The summed E-state index contributed by atoms with van der Waals surface area (Å²) in [6.07, 6.45) is 0. The fraction of sp³-hybridized carbons (Fsp3) is 0.0870. The van der Waals surface area contributed by atoms with Crippen LogP contribution in [0.3, 0.4) is 0 Å². The Balaban J connectivity index is 2.02. The molecule has 0 saturated heterocycles. The lowest BCUT2D eigenvalue weighted by Crippen LogP contribution is -2.17. The predicted molar refractivity (Wildman–Crippen MR) is 115 cm³/mol. The van der Waals surface area contributed by atoms with E-state index in [9.17, 15) is 19.5 Å². The Kier molecular flexibility index (Phi) is 6.87. The number of nitrogens with one attached hydrogen (secondary N) is 1. The van der Waals surface area contributed by atoms with Crippen LogP contribution in [0.5, 0.6) is 0 Å². The molecule has 7 heteroatoms. The SMILES string of the molecule is COC(=O)c1ccc(NC(=O)c2ccccc2)c(C(Sc2ccccc2)C(=O)O)c1. The summed E-state index contributed by atoms with van der Waals surface area (Å²) in [7, 11) is 1.25. The molecule has 0 radical (unpaired) electrons. The van der Waals surface area contributed by atoms with Crippen LogP contribution in [0, 0.1) is 0 Å². The molecule has 3 aromatic rings. The standard InChI is InChI=1S/C23H19NO5S/c1-29-23(28)16-12-13-19(24-21(25)15-8-4-2-5-9-15)18(14-16)20(22(26)27)30-17-10-6-3-7-11-17/h2-14,20H,1H3,(H,24,25)(H,26,27). The van der Waals surface area contributed by atoms with Crippen LogP contribution in [0.2, 0.25) is 0 Å². The number of amides is 1. The number of hydrogen-bond donors (Lipinski definition) is 2. The lowest BCUT2D eigenvalue weighted by molar-refractivity contribution is -0.136. The van der Waals surface area contributed by atoms with Gasteiger partial charge in [0.05, 0.1) is 12.7 Å². The highest BCUT2D eigenvalue weighted by Crippen LogP contribution is 2.39. The topological polar surface area (TPSA) is 92.7 Å². The number of carboxylic acid groups (broad SMARTS) is 1. The Morgan fingerprint density at radius 2 is 1.53 bits per heavy atom. The molecule has 6 nitrogen and oxygen atoms in total. The molecule has 0 aromatic heterocycles. The number of anilines is 1. The summed E-state index contributed by atoms with van der Waals surface area (Å²) in [5.74, 6) is -2.07. The van der Waals surface area contributed by atoms with E-state index >= 15 is 0 Å². The minimum absolute atomic E-state index is 0.199. The molecular formula is C23H19NO5S. The average molecular weight is 421 g/mol. The Morgan fingerprint density at radius 3 is 2.13 bits per heavy atom. The van der Waals surface area contributed by atoms with Gasteiger partial charge in [0.2, 0.25) is 0 Å². The van der Waals surface area contributed by atoms with Crippen molar-refractivity contribution in [3.8, 4) is 0 Å². The summed E-state index contributed by atoms with van der Waals surface area (Å²) in [5, 5.41) is 11.6. The monoisotopic (exact) mass is 421 g/mol. The Morgan fingerprint density at radius 1 is 0.900 bits per heavy atom. The van der Waals surface area contributed by atoms with Gasteiger partial charge in [0.25, 0.3) is 5.91 Å². The first kappa shape index (κ1) is 21.1. The highest BCUT2D eigenvalue weighted by molar-refractivity contribution is 8.00. The molecule has 0 aliphatic carbocycles. The van der Waals surface area contributed by atoms with Gasteiger partial charge < -0.3 is 15.2 Å². The highest BCUT2D eigenvalue weighted by atomic mass is 32.2. The highest BCUT2D eigenvalue weighted by Gasteiger charge is 2.26. The maximum Gasteiger partial charge on any atom is 0.337 e. The van der Waals surface area contributed by atoms with Crippen molar-refractivity contribution in [2.45, 2.75) is 10.1 Å². The van der Waals surface area contributed by atoms with Gasteiger partial charge >= 0.3 is 11.9 Å². The number of hydrogen-bond acceptors (Lipinski definition) is 5. The van der Waals surface area contributed by atoms with Gasteiger partial charge in [0.1, 0.15) is 5.25 Å². The molecule has 1 amide bonds. The summed E-state index contributed by atoms with van der Waals surface area (Å²) in [5.41, 5.74) is 1.24. The number of thioether (sulfide) groups is 1. The van der Waals surface area contributed by atoms with Crippen LogP contribution in [-0.2, 0) is 9.53 Å². The zero-order chi connectivity index (χ0) is 21.5. The van der Waals surface area contributed by atoms with Gasteiger partial charge in [0.15, 0.2) is 0 Å². The van der Waals surface area contributed by atoms with Crippen LogP contribution in [0.4, 0.5) is 5.69 Å². The van der Waals surface area contributed by atoms with Crippen molar-refractivity contribution in [2.24, 2.45) is 0 Å². The van der Waals surface area contributed by atoms with Gasteiger partial charge in [-0.25, -0.2) is 4.79 Å². The van der Waals surface area contributed by atoms with Crippen molar-refractivity contribution in [2.75, 3.05) is 12.4 Å². The first-order chi connectivity index (χ1) is 14.5. The zero-order valence-corrected chi connectivity index (χ0v) is 16.9. The minimum atomic E-state index is -1.10. The molecule has 1 unspecified atom stereocenters. The van der Waals surface area contributed by atoms with Crippen molar-refractivity contribution in [1.82, 2.24) is 0 Å². The second-order valence-electron chi connectivity index (χ2n) is 6.26. The molecule has 30 heavy (non-hydrogen) atoms. The van der Waals surface area contributed by atoms with E-state index < -0.39 is 17.2 Å². The fourth-order valence-corrected chi connectivity index (χ4v) is 3.81. The Hall–Kier alpha value is -3.58. The molecule has 0 heterocycles. The molecule has 0 bridgehead atoms. The van der Waals surface area contributed by atoms with Crippen molar-refractivity contribution < 1.29 is 24.2 Å². The van der Waals surface area contributed by atoms with Crippen molar-refractivity contribution in [1.29, 1.82) is 0 Å². The number of carbonyl (C=O) groups excluding carboxylic acids is 2. The quantitative estimate of drug-likeness (QED) is 0.426. The van der Waals surface area contributed by atoms with Crippen molar-refractivity contribution in [3.63, 3.8) is 0 Å². The number of benzene rings is 3. The van der Waals surface area contributed by atoms with E-state index in [1.54, 1.807) is 42.5 Å². The van der Waals surface area contributed by atoms with Gasteiger partial charge in [-0.05, 0) is 42.5 Å². The number of rotatable bonds is 7. The second kappa shape index (κ2) is 9.76. The lowest BCUT2D eigenvalue weighted by atomic mass is 10.0. The van der Waals surface area contributed by atoms with Crippen LogP contribution in [0.15, 0.2) is 83.8 Å². The Labute approximate surface area is 177 Å². The van der Waals surface area contributed by atoms with Crippen LogP contribution >= 0.6 is 11.8 Å². The maximum absolute atomic E-state index is 12.6. The molecule has 0 spiro atoms. The first-order valence-electron chi connectivity index (χ1n) is 9.02. The normalized spacial score (nSPS) is 11.4. The van der Waals surface area contributed by atoms with E-state index in [4.69, 9.17) is 4.74 Å². The molecule has 152 valence electrons. The third-order valence-electron chi connectivity index (χ3n) is 4.26. The summed E-state index contributed by atoms with van der Waals surface area (Å²) < 4.78 is 4.76. The van der Waals surface area contributed by atoms with Crippen molar-refractivity contribution in [3.05, 3.63) is 95.6 Å². The number of carboxylic acids is 1. The first-order valence-corrected chi connectivity index (χ1v) is 9.90. The molecular weight excluding hydrogens is 402 g/mol. The van der Waals surface area contributed by atoms with E-state index in [0.29, 0.717) is 16.8 Å². The van der Waals surface area contributed by atoms with Gasteiger partial charge in [-0.2, -0.15) is 0 Å². The number of ether oxygens (including phenoxy) is 1. The van der Waals surface area contributed by atoms with E-state index in [1.807, 2.05) is 18.2 Å². The van der Waals surface area contributed by atoms with Gasteiger partial charge in [0, 0.05) is 21.7 Å². The average Bonchev–Trinajstić information content (AvgIpc) is 2.78. The van der Waals surface area contributed by atoms with E-state index in [2.05, 4.69) is 5.32 Å².